The van der Waals surface area contributed by atoms with E-state index in [1.54, 1.807) is 0 Å². The quantitative estimate of drug-likeness (QED) is 0.766. The van der Waals surface area contributed by atoms with E-state index >= 15 is 0 Å². The van der Waals surface area contributed by atoms with Crippen LogP contribution in [0.1, 0.15) is 26.7 Å². The van der Waals surface area contributed by atoms with Crippen molar-refractivity contribution < 1.29 is 4.79 Å². The molecule has 1 atom stereocenters. The molecule has 4 nitrogen and oxygen atoms in total. The molecule has 0 saturated carbocycles. The van der Waals surface area contributed by atoms with Gasteiger partial charge in [-0.3, -0.25) is 9.69 Å². The van der Waals surface area contributed by atoms with E-state index in [2.05, 4.69) is 29.4 Å². The monoisotopic (exact) mass is 261 g/mol. The molecule has 1 amide bonds. The third-order valence-corrected chi connectivity index (χ3v) is 3.79. The molecule has 17 heavy (non-hydrogen) atoms. The van der Waals surface area contributed by atoms with Crippen molar-refractivity contribution in [3.63, 3.8) is 0 Å². The minimum atomic E-state index is 0. The van der Waals surface area contributed by atoms with Crippen LogP contribution in [0.15, 0.2) is 0 Å². The van der Waals surface area contributed by atoms with Gasteiger partial charge in [0, 0.05) is 18.6 Å². The molecule has 2 N–H and O–H groups in total. The number of nitrogens with one attached hydrogen (secondary N) is 2. The normalized spacial score (nSPS) is 29.3. The lowest BCUT2D eigenvalue weighted by atomic mass is 9.94. The fourth-order valence-electron chi connectivity index (χ4n) is 2.57. The first-order chi connectivity index (χ1) is 7.58. The highest BCUT2D eigenvalue weighted by atomic mass is 35.5. The van der Waals surface area contributed by atoms with Gasteiger partial charge in [-0.1, -0.05) is 0 Å². The van der Waals surface area contributed by atoms with E-state index in [4.69, 9.17) is 0 Å². The van der Waals surface area contributed by atoms with Crippen molar-refractivity contribution in [3.8, 4) is 0 Å². The highest BCUT2D eigenvalue weighted by Crippen LogP contribution is 2.20. The van der Waals surface area contributed by atoms with Gasteiger partial charge in [0.25, 0.3) is 0 Å². The number of carbonyl (C=O) groups excluding carboxylic acids is 1. The van der Waals surface area contributed by atoms with Gasteiger partial charge in [0.2, 0.25) is 5.91 Å². The summed E-state index contributed by atoms with van der Waals surface area (Å²) in [5.41, 5.74) is 0.103. The Hall–Kier alpha value is -0.320. The lowest BCUT2D eigenvalue weighted by Crippen LogP contribution is -2.61. The molecular weight excluding hydrogens is 238 g/mol. The van der Waals surface area contributed by atoms with Crippen LogP contribution in [0.2, 0.25) is 0 Å². The Morgan fingerprint density at radius 1 is 1.47 bits per heavy atom. The summed E-state index contributed by atoms with van der Waals surface area (Å²) in [5.74, 6) is 0.877. The average molecular weight is 262 g/mol. The fourth-order valence-corrected chi connectivity index (χ4v) is 2.57. The maximum Gasteiger partial charge on any atom is 0.234 e. The van der Waals surface area contributed by atoms with Gasteiger partial charge in [0.05, 0.1) is 6.54 Å². The Morgan fingerprint density at radius 2 is 2.24 bits per heavy atom. The number of piperazine rings is 1. The van der Waals surface area contributed by atoms with Crippen LogP contribution in [-0.2, 0) is 4.79 Å². The lowest BCUT2D eigenvalue weighted by Gasteiger charge is -2.44. The molecule has 1 unspecified atom stereocenters. The Bertz CT molecular complexity index is 264. The number of rotatable bonds is 2. The van der Waals surface area contributed by atoms with Gasteiger partial charge in [-0.05, 0) is 45.7 Å². The van der Waals surface area contributed by atoms with Gasteiger partial charge in [0.1, 0.15) is 0 Å². The molecule has 0 aromatic carbocycles. The van der Waals surface area contributed by atoms with Crippen molar-refractivity contribution in [2.45, 2.75) is 32.2 Å². The molecule has 2 aliphatic rings. The van der Waals surface area contributed by atoms with Gasteiger partial charge >= 0.3 is 0 Å². The Balaban J connectivity index is 0.00000144. The van der Waals surface area contributed by atoms with E-state index < -0.39 is 0 Å². The minimum Gasteiger partial charge on any atom is -0.353 e. The van der Waals surface area contributed by atoms with Crippen molar-refractivity contribution in [1.29, 1.82) is 0 Å². The van der Waals surface area contributed by atoms with Crippen LogP contribution in [0, 0.1) is 5.92 Å². The van der Waals surface area contributed by atoms with Crippen LogP contribution >= 0.6 is 12.4 Å². The Labute approximate surface area is 110 Å². The second-order valence-corrected chi connectivity index (χ2v) is 5.68. The molecule has 2 heterocycles. The molecule has 0 bridgehead atoms. The summed E-state index contributed by atoms with van der Waals surface area (Å²) in [6, 6.07) is 0. The second-order valence-electron chi connectivity index (χ2n) is 5.68. The van der Waals surface area contributed by atoms with Gasteiger partial charge in [0.15, 0.2) is 0 Å². The van der Waals surface area contributed by atoms with Crippen LogP contribution in [-0.4, -0.2) is 49.1 Å². The number of nitrogens with zero attached hydrogens (tertiary/aromatic N) is 1. The zero-order valence-electron chi connectivity index (χ0n) is 10.8. The van der Waals surface area contributed by atoms with Crippen molar-refractivity contribution in [3.05, 3.63) is 0 Å². The van der Waals surface area contributed by atoms with E-state index in [0.29, 0.717) is 12.5 Å². The summed E-state index contributed by atoms with van der Waals surface area (Å²) < 4.78 is 0. The number of halogens is 1. The molecule has 0 aromatic rings. The lowest BCUT2D eigenvalue weighted by molar-refractivity contribution is -0.128. The topological polar surface area (TPSA) is 44.4 Å². The van der Waals surface area contributed by atoms with E-state index in [0.717, 1.165) is 26.2 Å². The molecule has 0 spiro atoms. The van der Waals surface area contributed by atoms with E-state index in [1.807, 2.05) is 0 Å². The van der Waals surface area contributed by atoms with E-state index in [9.17, 15) is 4.79 Å². The summed E-state index contributed by atoms with van der Waals surface area (Å²) in [6.07, 6.45) is 2.56. The van der Waals surface area contributed by atoms with Crippen molar-refractivity contribution in [2.75, 3.05) is 32.7 Å². The van der Waals surface area contributed by atoms with E-state index in [1.165, 1.54) is 12.8 Å². The van der Waals surface area contributed by atoms with Crippen molar-refractivity contribution in [1.82, 2.24) is 15.5 Å². The Morgan fingerprint density at radius 3 is 2.88 bits per heavy atom. The van der Waals surface area contributed by atoms with Gasteiger partial charge in [-0.2, -0.15) is 0 Å². The molecule has 2 aliphatic heterocycles. The maximum atomic E-state index is 11.4. The number of carbonyl (C=O) groups is 1. The highest BCUT2D eigenvalue weighted by Gasteiger charge is 2.34. The third kappa shape index (κ3) is 3.83. The smallest absolute Gasteiger partial charge is 0.234 e. The molecule has 100 valence electrons. The second kappa shape index (κ2) is 6.03. The molecule has 5 heteroatoms. The zero-order chi connectivity index (χ0) is 11.6. The standard InChI is InChI=1S/C12H23N3O.ClH/c1-12(2)9-14-11(16)8-15(12)7-10-4-3-5-13-6-10;/h10,13H,3-9H2,1-2H3,(H,14,16);1H. The van der Waals surface area contributed by atoms with Crippen LogP contribution in [0.5, 0.6) is 0 Å². The predicted octanol–water partition coefficient (Wildman–Crippen LogP) is 0.618. The van der Waals surface area contributed by atoms with Crippen molar-refractivity contribution in [2.24, 2.45) is 5.92 Å². The number of piperidine rings is 1. The predicted molar refractivity (Wildman–Crippen MR) is 71.5 cm³/mol. The minimum absolute atomic E-state index is 0. The molecular formula is C12H24ClN3O. The largest absolute Gasteiger partial charge is 0.353 e. The summed E-state index contributed by atoms with van der Waals surface area (Å²) in [5, 5.41) is 6.38. The highest BCUT2D eigenvalue weighted by molar-refractivity contribution is 5.85. The maximum absolute atomic E-state index is 11.4. The van der Waals surface area contributed by atoms with Gasteiger partial charge < -0.3 is 10.6 Å². The molecule has 0 aromatic heterocycles. The molecule has 0 radical (unpaired) electrons. The number of amides is 1. The molecule has 2 saturated heterocycles. The summed E-state index contributed by atoms with van der Waals surface area (Å²) in [6.45, 7) is 9.06. The summed E-state index contributed by atoms with van der Waals surface area (Å²) in [7, 11) is 0. The van der Waals surface area contributed by atoms with Crippen LogP contribution < -0.4 is 10.6 Å². The first-order valence-corrected chi connectivity index (χ1v) is 6.30. The van der Waals surface area contributed by atoms with E-state index in [-0.39, 0.29) is 23.9 Å². The number of hydrogen-bond acceptors (Lipinski definition) is 3. The summed E-state index contributed by atoms with van der Waals surface area (Å²) >= 11 is 0. The van der Waals surface area contributed by atoms with Crippen molar-refractivity contribution >= 4 is 18.3 Å². The van der Waals surface area contributed by atoms with Gasteiger partial charge in [-0.15, -0.1) is 12.4 Å². The van der Waals surface area contributed by atoms with Crippen LogP contribution in [0.25, 0.3) is 0 Å². The zero-order valence-corrected chi connectivity index (χ0v) is 11.6. The first-order valence-electron chi connectivity index (χ1n) is 6.30. The molecule has 2 fully saturated rings. The number of hydrogen-bond donors (Lipinski definition) is 2. The van der Waals surface area contributed by atoms with Crippen LogP contribution in [0.3, 0.4) is 0 Å². The summed E-state index contributed by atoms with van der Waals surface area (Å²) in [4.78, 5) is 13.8. The van der Waals surface area contributed by atoms with Crippen LogP contribution in [0.4, 0.5) is 0 Å². The first kappa shape index (κ1) is 14.7. The Kier molecular flexibility index (Phi) is 5.22. The molecule has 2 rings (SSSR count). The van der Waals surface area contributed by atoms with Gasteiger partial charge in [-0.25, -0.2) is 0 Å². The average Bonchev–Trinajstić information content (AvgIpc) is 2.26. The third-order valence-electron chi connectivity index (χ3n) is 3.79. The SMILES string of the molecule is CC1(C)CNC(=O)CN1CC1CCCNC1.Cl. The fraction of sp³-hybridized carbons (Fsp3) is 0.917. The molecule has 0 aliphatic carbocycles.